The number of nitrogens with one attached hydrogen (secondary N) is 1. The molecule has 1 aromatic carbocycles. The van der Waals surface area contributed by atoms with Crippen molar-refractivity contribution in [2.45, 2.75) is 26.0 Å². The van der Waals surface area contributed by atoms with Gasteiger partial charge in [0, 0.05) is 11.8 Å². The monoisotopic (exact) mass is 358 g/mol. The molecule has 0 bridgehead atoms. The van der Waals surface area contributed by atoms with Gasteiger partial charge in [0.05, 0.1) is 34.5 Å². The predicted octanol–water partition coefficient (Wildman–Crippen LogP) is 4.16. The largest absolute Gasteiger partial charge is 0.374 e. The first-order valence-corrected chi connectivity index (χ1v) is 8.79. The van der Waals surface area contributed by atoms with Crippen LogP contribution in [0.5, 0.6) is 0 Å². The summed E-state index contributed by atoms with van der Waals surface area (Å²) in [6.45, 7) is 4.16. The fourth-order valence-corrected chi connectivity index (χ4v) is 3.20. The Hall–Kier alpha value is -2.31. The number of rotatable bonds is 6. The highest BCUT2D eigenvalue weighted by Crippen LogP contribution is 2.20. The van der Waals surface area contributed by atoms with Crippen molar-refractivity contribution in [3.63, 3.8) is 0 Å². The van der Waals surface area contributed by atoms with Crippen molar-refractivity contribution in [2.24, 2.45) is 0 Å². The fraction of sp³-hybridized carbons (Fsp3) is 0.263. The summed E-state index contributed by atoms with van der Waals surface area (Å²) < 4.78 is 20.2. The number of carbonyl (C=O) groups excluding carboxylic acids is 1. The molecule has 130 valence electrons. The molecular weight excluding hydrogens is 339 g/mol. The van der Waals surface area contributed by atoms with Crippen LogP contribution in [0, 0.1) is 5.82 Å². The molecule has 0 fully saturated rings. The van der Waals surface area contributed by atoms with Crippen LogP contribution in [0.4, 0.5) is 4.39 Å². The molecule has 0 unspecified atom stereocenters. The Bertz CT molecular complexity index is 892. The van der Waals surface area contributed by atoms with Gasteiger partial charge in [0.25, 0.3) is 5.91 Å². The Balaban J connectivity index is 1.58. The molecule has 0 saturated carbocycles. The number of pyridine rings is 1. The molecule has 2 heterocycles. The summed E-state index contributed by atoms with van der Waals surface area (Å²) in [5, 5.41) is 4.88. The van der Waals surface area contributed by atoms with Crippen molar-refractivity contribution in [3.05, 3.63) is 64.9 Å². The van der Waals surface area contributed by atoms with E-state index in [1.165, 1.54) is 6.07 Å². The zero-order chi connectivity index (χ0) is 17.9. The fourth-order valence-electron chi connectivity index (χ4n) is 2.42. The van der Waals surface area contributed by atoms with Crippen LogP contribution >= 0.6 is 11.3 Å². The van der Waals surface area contributed by atoms with Gasteiger partial charge in [-0.25, -0.2) is 4.39 Å². The maximum atomic E-state index is 13.6. The van der Waals surface area contributed by atoms with Crippen molar-refractivity contribution in [2.75, 3.05) is 6.61 Å². The summed E-state index contributed by atoms with van der Waals surface area (Å²) >= 11 is 1.55. The third-order valence-corrected chi connectivity index (χ3v) is 4.55. The molecule has 0 radical (unpaired) electrons. The summed E-state index contributed by atoms with van der Waals surface area (Å²) in [7, 11) is 0. The Labute approximate surface area is 149 Å². The number of hydrogen-bond donors (Lipinski definition) is 1. The third-order valence-electron chi connectivity index (χ3n) is 3.70. The summed E-state index contributed by atoms with van der Waals surface area (Å²) in [4.78, 5) is 16.7. The SMILES string of the molecule is CC(C)(COCc1ccccc1F)NC(=O)c1cnc2ccsc2c1. The van der Waals surface area contributed by atoms with Crippen molar-refractivity contribution in [3.8, 4) is 0 Å². The minimum atomic E-state index is -0.591. The maximum absolute atomic E-state index is 13.6. The van der Waals surface area contributed by atoms with Crippen LogP contribution in [-0.4, -0.2) is 23.0 Å². The van der Waals surface area contributed by atoms with E-state index in [4.69, 9.17) is 4.74 Å². The average molecular weight is 358 g/mol. The minimum absolute atomic E-state index is 0.161. The van der Waals surface area contributed by atoms with Gasteiger partial charge in [-0.3, -0.25) is 9.78 Å². The summed E-state index contributed by atoms with van der Waals surface area (Å²) in [5.41, 5.74) is 1.30. The maximum Gasteiger partial charge on any atom is 0.253 e. The second-order valence-corrected chi connectivity index (χ2v) is 7.40. The van der Waals surface area contributed by atoms with E-state index in [9.17, 15) is 9.18 Å². The normalized spacial score (nSPS) is 11.6. The van der Waals surface area contributed by atoms with Gasteiger partial charge in [0.15, 0.2) is 0 Å². The molecule has 3 aromatic rings. The van der Waals surface area contributed by atoms with Gasteiger partial charge in [-0.1, -0.05) is 18.2 Å². The van der Waals surface area contributed by atoms with Crippen LogP contribution in [0.1, 0.15) is 29.8 Å². The van der Waals surface area contributed by atoms with E-state index < -0.39 is 5.54 Å². The van der Waals surface area contributed by atoms with Crippen LogP contribution in [0.2, 0.25) is 0 Å². The van der Waals surface area contributed by atoms with Crippen LogP contribution < -0.4 is 5.32 Å². The topological polar surface area (TPSA) is 51.2 Å². The summed E-state index contributed by atoms with van der Waals surface area (Å²) in [5.74, 6) is -0.498. The Morgan fingerprint density at radius 3 is 2.92 bits per heavy atom. The number of hydrogen-bond acceptors (Lipinski definition) is 4. The summed E-state index contributed by atoms with van der Waals surface area (Å²) in [6.07, 6.45) is 1.57. The molecule has 0 spiro atoms. The van der Waals surface area contributed by atoms with E-state index in [1.54, 1.807) is 35.7 Å². The number of nitrogens with zero attached hydrogens (tertiary/aromatic N) is 1. The van der Waals surface area contributed by atoms with E-state index in [1.807, 2.05) is 31.4 Å². The Kier molecular flexibility index (Phi) is 5.11. The standard InChI is InChI=1S/C19H19FN2O2S/c1-19(2,12-24-11-13-5-3-4-6-15(13)20)22-18(23)14-9-17-16(21-10-14)7-8-25-17/h3-10H,11-12H2,1-2H3,(H,22,23). The van der Waals surface area contributed by atoms with Crippen molar-refractivity contribution in [1.29, 1.82) is 0 Å². The summed E-state index contributed by atoms with van der Waals surface area (Å²) in [6, 6.07) is 10.2. The first-order valence-electron chi connectivity index (χ1n) is 7.91. The number of fused-ring (bicyclic) bond motifs is 1. The first-order chi connectivity index (χ1) is 11.9. The molecule has 1 amide bonds. The number of thiophene rings is 1. The van der Waals surface area contributed by atoms with Crippen molar-refractivity contribution in [1.82, 2.24) is 10.3 Å². The molecule has 1 N–H and O–H groups in total. The van der Waals surface area contributed by atoms with Crippen molar-refractivity contribution < 1.29 is 13.9 Å². The number of aromatic nitrogens is 1. The molecule has 3 rings (SSSR count). The molecule has 0 aliphatic heterocycles. The highest BCUT2D eigenvalue weighted by atomic mass is 32.1. The Morgan fingerprint density at radius 1 is 1.32 bits per heavy atom. The van der Waals surface area contributed by atoms with E-state index >= 15 is 0 Å². The number of ether oxygens (including phenoxy) is 1. The van der Waals surface area contributed by atoms with E-state index in [0.29, 0.717) is 11.1 Å². The zero-order valence-corrected chi connectivity index (χ0v) is 14.9. The van der Waals surface area contributed by atoms with Gasteiger partial charge in [0.2, 0.25) is 0 Å². The first kappa shape index (κ1) is 17.5. The lowest BCUT2D eigenvalue weighted by atomic mass is 10.1. The highest BCUT2D eigenvalue weighted by Gasteiger charge is 2.22. The van der Waals surface area contributed by atoms with Gasteiger partial charge >= 0.3 is 0 Å². The van der Waals surface area contributed by atoms with Crippen LogP contribution in [0.25, 0.3) is 10.2 Å². The molecule has 6 heteroatoms. The second kappa shape index (κ2) is 7.29. The molecule has 0 saturated heterocycles. The van der Waals surface area contributed by atoms with Crippen LogP contribution in [0.15, 0.2) is 48.0 Å². The van der Waals surface area contributed by atoms with Crippen LogP contribution in [-0.2, 0) is 11.3 Å². The molecule has 2 aromatic heterocycles. The molecule has 0 aliphatic rings. The Morgan fingerprint density at radius 2 is 2.12 bits per heavy atom. The second-order valence-electron chi connectivity index (χ2n) is 6.45. The predicted molar refractivity (Wildman–Crippen MR) is 97.2 cm³/mol. The lowest BCUT2D eigenvalue weighted by Crippen LogP contribution is -2.47. The smallest absolute Gasteiger partial charge is 0.253 e. The highest BCUT2D eigenvalue weighted by molar-refractivity contribution is 7.17. The van der Waals surface area contributed by atoms with E-state index in [2.05, 4.69) is 10.3 Å². The van der Waals surface area contributed by atoms with Crippen molar-refractivity contribution >= 4 is 27.5 Å². The number of halogens is 1. The van der Waals surface area contributed by atoms with Crippen LogP contribution in [0.3, 0.4) is 0 Å². The number of carbonyl (C=O) groups is 1. The van der Waals surface area contributed by atoms with E-state index in [-0.39, 0.29) is 24.9 Å². The van der Waals surface area contributed by atoms with Gasteiger partial charge in [-0.2, -0.15) is 0 Å². The van der Waals surface area contributed by atoms with Gasteiger partial charge in [0.1, 0.15) is 5.82 Å². The van der Waals surface area contributed by atoms with Gasteiger partial charge in [-0.15, -0.1) is 11.3 Å². The molecule has 0 atom stereocenters. The third kappa shape index (κ3) is 4.41. The number of benzene rings is 1. The minimum Gasteiger partial charge on any atom is -0.374 e. The molecular formula is C19H19FN2O2S. The molecule has 25 heavy (non-hydrogen) atoms. The van der Waals surface area contributed by atoms with Gasteiger partial charge in [-0.05, 0) is 37.4 Å². The quantitative estimate of drug-likeness (QED) is 0.720. The molecule has 0 aliphatic carbocycles. The molecule has 4 nitrogen and oxygen atoms in total. The number of amides is 1. The van der Waals surface area contributed by atoms with E-state index in [0.717, 1.165) is 10.2 Å². The lowest BCUT2D eigenvalue weighted by Gasteiger charge is -2.26. The lowest BCUT2D eigenvalue weighted by molar-refractivity contribution is 0.0606. The van der Waals surface area contributed by atoms with Gasteiger partial charge < -0.3 is 10.1 Å². The zero-order valence-electron chi connectivity index (χ0n) is 14.1. The average Bonchev–Trinajstić information content (AvgIpc) is 3.03.